The van der Waals surface area contributed by atoms with E-state index in [1.807, 2.05) is 24.3 Å². The van der Waals surface area contributed by atoms with Crippen molar-refractivity contribution in [1.82, 2.24) is 24.9 Å². The number of thiophene rings is 1. The van der Waals surface area contributed by atoms with Gasteiger partial charge >= 0.3 is 0 Å². The highest BCUT2D eigenvalue weighted by atomic mass is 32.1. The van der Waals surface area contributed by atoms with E-state index in [1.54, 1.807) is 30.1 Å². The van der Waals surface area contributed by atoms with Gasteiger partial charge in [0.15, 0.2) is 0 Å². The highest BCUT2D eigenvalue weighted by molar-refractivity contribution is 7.25. The lowest BCUT2D eigenvalue weighted by Gasteiger charge is -2.03. The third kappa shape index (κ3) is 1.89. The van der Waals surface area contributed by atoms with E-state index < -0.39 is 0 Å². The molecule has 0 saturated heterocycles. The predicted molar refractivity (Wildman–Crippen MR) is 91.2 cm³/mol. The fourth-order valence-electron chi connectivity index (χ4n) is 2.68. The van der Waals surface area contributed by atoms with Gasteiger partial charge in [0, 0.05) is 17.8 Å². The minimum Gasteiger partial charge on any atom is -0.250 e. The maximum Gasteiger partial charge on any atom is 0.144 e. The van der Waals surface area contributed by atoms with Crippen molar-refractivity contribution < 1.29 is 0 Å². The molecule has 0 unspecified atom stereocenters. The molecule has 1 aromatic carbocycles. The molecule has 0 aliphatic carbocycles. The van der Waals surface area contributed by atoms with Gasteiger partial charge in [0.05, 0.1) is 15.9 Å². The molecule has 0 saturated carbocycles. The molecule has 5 nitrogen and oxygen atoms in total. The van der Waals surface area contributed by atoms with Crippen molar-refractivity contribution in [1.29, 1.82) is 0 Å². The van der Waals surface area contributed by atoms with Crippen LogP contribution in [0.5, 0.6) is 0 Å². The van der Waals surface area contributed by atoms with Crippen LogP contribution in [-0.2, 0) is 0 Å². The van der Waals surface area contributed by atoms with Crippen molar-refractivity contribution in [3.05, 3.63) is 55.1 Å². The molecule has 0 spiro atoms. The van der Waals surface area contributed by atoms with Gasteiger partial charge in [-0.3, -0.25) is 0 Å². The van der Waals surface area contributed by atoms with Crippen molar-refractivity contribution in [2.75, 3.05) is 0 Å². The van der Waals surface area contributed by atoms with E-state index in [-0.39, 0.29) is 0 Å². The second-order valence-corrected chi connectivity index (χ2v) is 6.10. The molecule has 5 rings (SSSR count). The van der Waals surface area contributed by atoms with Crippen LogP contribution in [0.2, 0.25) is 0 Å². The Morgan fingerprint density at radius 1 is 0.783 bits per heavy atom. The van der Waals surface area contributed by atoms with Gasteiger partial charge in [-0.15, -0.1) is 11.3 Å². The second-order valence-electron chi connectivity index (χ2n) is 5.10. The summed E-state index contributed by atoms with van der Waals surface area (Å²) >= 11 is 1.55. The first-order chi connectivity index (χ1) is 11.4. The number of benzene rings is 1. The molecule has 0 N–H and O–H groups in total. The highest BCUT2D eigenvalue weighted by Gasteiger charge is 2.15. The maximum atomic E-state index is 4.74. The standard InChI is InChI=1S/C17H9N5S/c1-2-4-11-10(3-1)5-6-12(22-11)13-16-14(21-9-20-13)15-17(23-16)19-8-7-18-15/h1-9H. The summed E-state index contributed by atoms with van der Waals surface area (Å²) in [6.07, 6.45) is 4.94. The quantitative estimate of drug-likeness (QED) is 0.470. The molecule has 23 heavy (non-hydrogen) atoms. The molecule has 5 aromatic rings. The molecule has 6 heteroatoms. The monoisotopic (exact) mass is 315 g/mol. The first kappa shape index (κ1) is 12.5. The zero-order valence-electron chi connectivity index (χ0n) is 11.8. The van der Waals surface area contributed by atoms with Crippen molar-refractivity contribution in [3.8, 4) is 11.4 Å². The Kier molecular flexibility index (Phi) is 2.59. The summed E-state index contributed by atoms with van der Waals surface area (Å²) in [6, 6.07) is 12.1. The summed E-state index contributed by atoms with van der Waals surface area (Å²) in [5, 5.41) is 1.11. The molecular weight excluding hydrogens is 306 g/mol. The normalized spacial score (nSPS) is 11.5. The Morgan fingerprint density at radius 2 is 1.70 bits per heavy atom. The number of hydrogen-bond donors (Lipinski definition) is 0. The molecule has 0 atom stereocenters. The van der Waals surface area contributed by atoms with Crippen LogP contribution in [0.3, 0.4) is 0 Å². The van der Waals surface area contributed by atoms with Gasteiger partial charge in [-0.1, -0.05) is 24.3 Å². The number of nitrogens with zero attached hydrogens (tertiary/aromatic N) is 5. The fourth-order valence-corrected chi connectivity index (χ4v) is 3.73. The largest absolute Gasteiger partial charge is 0.250 e. The van der Waals surface area contributed by atoms with Gasteiger partial charge in [-0.2, -0.15) is 0 Å². The first-order valence-electron chi connectivity index (χ1n) is 7.10. The zero-order valence-corrected chi connectivity index (χ0v) is 12.7. The molecule has 0 bridgehead atoms. The van der Waals surface area contributed by atoms with Crippen LogP contribution in [0, 0.1) is 0 Å². The number of aromatic nitrogens is 5. The van der Waals surface area contributed by atoms with Gasteiger partial charge < -0.3 is 0 Å². The number of hydrogen-bond acceptors (Lipinski definition) is 6. The van der Waals surface area contributed by atoms with Gasteiger partial charge in [-0.05, 0) is 12.1 Å². The molecule has 108 valence electrons. The van der Waals surface area contributed by atoms with E-state index >= 15 is 0 Å². The average molecular weight is 315 g/mol. The Labute approximate surface area is 134 Å². The van der Waals surface area contributed by atoms with E-state index in [4.69, 9.17) is 4.98 Å². The average Bonchev–Trinajstić information content (AvgIpc) is 3.00. The molecule has 0 amide bonds. The van der Waals surface area contributed by atoms with E-state index in [2.05, 4.69) is 32.1 Å². The third-order valence-electron chi connectivity index (χ3n) is 3.73. The van der Waals surface area contributed by atoms with Crippen LogP contribution in [0.25, 0.3) is 42.9 Å². The summed E-state index contributed by atoms with van der Waals surface area (Å²) in [4.78, 5) is 23.2. The van der Waals surface area contributed by atoms with Crippen molar-refractivity contribution in [2.24, 2.45) is 0 Å². The summed E-state index contributed by atoms with van der Waals surface area (Å²) in [5.74, 6) is 0. The smallest absolute Gasteiger partial charge is 0.144 e. The zero-order chi connectivity index (χ0) is 15.2. The van der Waals surface area contributed by atoms with Crippen LogP contribution in [0.1, 0.15) is 0 Å². The number of fused-ring (bicyclic) bond motifs is 4. The van der Waals surface area contributed by atoms with E-state index in [0.29, 0.717) is 0 Å². The number of pyridine rings is 1. The van der Waals surface area contributed by atoms with Crippen LogP contribution in [0.4, 0.5) is 0 Å². The Bertz CT molecular complexity index is 1180. The maximum absolute atomic E-state index is 4.74. The first-order valence-corrected chi connectivity index (χ1v) is 7.92. The van der Waals surface area contributed by atoms with Crippen LogP contribution in [-0.4, -0.2) is 24.9 Å². The SMILES string of the molecule is c1ccc2nc(-c3ncnc4c3sc3nccnc34)ccc2c1. The molecule has 0 aliphatic heterocycles. The minimum absolute atomic E-state index is 0.817. The molecule has 0 aliphatic rings. The van der Waals surface area contributed by atoms with Crippen LogP contribution in [0.15, 0.2) is 55.1 Å². The number of rotatable bonds is 1. The lowest BCUT2D eigenvalue weighted by Crippen LogP contribution is -1.90. The van der Waals surface area contributed by atoms with Gasteiger partial charge in [0.2, 0.25) is 0 Å². The van der Waals surface area contributed by atoms with Gasteiger partial charge in [0.1, 0.15) is 27.9 Å². The molecule has 0 radical (unpaired) electrons. The van der Waals surface area contributed by atoms with E-state index in [1.165, 1.54) is 0 Å². The summed E-state index contributed by atoms with van der Waals surface area (Å²) in [7, 11) is 0. The highest BCUT2D eigenvalue weighted by Crippen LogP contribution is 2.35. The molecule has 4 heterocycles. The van der Waals surface area contributed by atoms with Crippen LogP contribution < -0.4 is 0 Å². The molecule has 0 fully saturated rings. The summed E-state index contributed by atoms with van der Waals surface area (Å²) in [5.41, 5.74) is 4.26. The van der Waals surface area contributed by atoms with Crippen molar-refractivity contribution in [2.45, 2.75) is 0 Å². The third-order valence-corrected chi connectivity index (χ3v) is 4.82. The van der Waals surface area contributed by atoms with Crippen LogP contribution >= 0.6 is 11.3 Å². The predicted octanol–water partition coefficient (Wildman–Crippen LogP) is 3.85. The van der Waals surface area contributed by atoms with Crippen molar-refractivity contribution in [3.63, 3.8) is 0 Å². The van der Waals surface area contributed by atoms with E-state index in [9.17, 15) is 0 Å². The Morgan fingerprint density at radius 3 is 2.70 bits per heavy atom. The summed E-state index contributed by atoms with van der Waals surface area (Å²) in [6.45, 7) is 0. The molecular formula is C17H9N5S. The molecule has 4 aromatic heterocycles. The van der Waals surface area contributed by atoms with E-state index in [0.717, 1.165) is 42.9 Å². The topological polar surface area (TPSA) is 64.5 Å². The van der Waals surface area contributed by atoms with Crippen molar-refractivity contribution >= 4 is 42.8 Å². The Hall–Kier alpha value is -2.99. The van der Waals surface area contributed by atoms with Gasteiger partial charge in [0.25, 0.3) is 0 Å². The number of para-hydroxylation sites is 1. The second kappa shape index (κ2) is 4.76. The fraction of sp³-hybridized carbons (Fsp3) is 0. The van der Waals surface area contributed by atoms with Gasteiger partial charge in [-0.25, -0.2) is 24.9 Å². The lowest BCUT2D eigenvalue weighted by atomic mass is 10.1. The minimum atomic E-state index is 0.817. The Balaban J connectivity index is 1.84. The lowest BCUT2D eigenvalue weighted by molar-refractivity contribution is 1.21. The summed E-state index contributed by atoms with van der Waals surface area (Å²) < 4.78 is 0.969.